The van der Waals surface area contributed by atoms with E-state index in [9.17, 15) is 14.4 Å². The van der Waals surface area contributed by atoms with E-state index in [-0.39, 0.29) is 19.1 Å². The molecular formula is C27H27N3O5. The zero-order chi connectivity index (χ0) is 25.1. The maximum absolute atomic E-state index is 13.4. The number of ketones is 1. The molecule has 0 aliphatic carbocycles. The van der Waals surface area contributed by atoms with Gasteiger partial charge < -0.3 is 19.4 Å². The molecule has 1 fully saturated rings. The third-order valence-electron chi connectivity index (χ3n) is 7.01. The molecule has 0 bridgehead atoms. The number of ether oxygens (including phenoxy) is 2. The number of fused-ring (bicyclic) bond motifs is 1. The highest BCUT2D eigenvalue weighted by Crippen LogP contribution is 2.38. The molecule has 8 nitrogen and oxygen atoms in total. The molecule has 0 spiro atoms. The number of carbonyl (C=O) groups is 3. The Hall–Kier alpha value is -4.07. The molecule has 1 unspecified atom stereocenters. The molecule has 1 N–H and O–H groups in total. The number of aryl methyl sites for hydroxylation is 3. The van der Waals surface area contributed by atoms with Crippen LogP contribution in [0.15, 0.2) is 42.5 Å². The van der Waals surface area contributed by atoms with Gasteiger partial charge in [-0.3, -0.25) is 14.5 Å². The van der Waals surface area contributed by atoms with E-state index in [0.29, 0.717) is 22.6 Å². The summed E-state index contributed by atoms with van der Waals surface area (Å²) in [6.07, 6.45) is 0. The zero-order valence-electron chi connectivity index (χ0n) is 20.4. The topological polar surface area (TPSA) is 89.9 Å². The molecule has 1 saturated heterocycles. The van der Waals surface area contributed by atoms with Gasteiger partial charge in [-0.15, -0.1) is 0 Å². The van der Waals surface area contributed by atoms with E-state index >= 15 is 0 Å². The Kier molecular flexibility index (Phi) is 5.20. The average Bonchev–Trinajstić information content (AvgIpc) is 3.47. The maximum Gasteiger partial charge on any atom is 0.325 e. The van der Waals surface area contributed by atoms with E-state index in [1.165, 1.54) is 5.56 Å². The lowest BCUT2D eigenvalue weighted by Gasteiger charge is -2.22. The number of nitrogens with one attached hydrogen (secondary N) is 1. The number of carbonyl (C=O) groups excluding carboxylic acids is 3. The summed E-state index contributed by atoms with van der Waals surface area (Å²) in [4.78, 5) is 40.5. The Balaban J connectivity index is 1.41. The van der Waals surface area contributed by atoms with E-state index in [4.69, 9.17) is 9.47 Å². The zero-order valence-corrected chi connectivity index (χ0v) is 20.4. The minimum atomic E-state index is -1.31. The predicted molar refractivity (Wildman–Crippen MR) is 129 cm³/mol. The first-order valence-electron chi connectivity index (χ1n) is 11.4. The lowest BCUT2D eigenvalue weighted by atomic mass is 9.91. The fourth-order valence-corrected chi connectivity index (χ4v) is 4.78. The van der Waals surface area contributed by atoms with Crippen molar-refractivity contribution in [1.29, 1.82) is 0 Å². The Morgan fingerprint density at radius 1 is 0.971 bits per heavy atom. The number of hydrogen-bond acceptors (Lipinski definition) is 5. The number of nitrogens with zero attached hydrogens (tertiary/aromatic N) is 2. The molecule has 2 aliphatic rings. The van der Waals surface area contributed by atoms with Crippen LogP contribution in [-0.4, -0.2) is 40.5 Å². The minimum absolute atomic E-state index is 0.108. The lowest BCUT2D eigenvalue weighted by Crippen LogP contribution is -2.41. The van der Waals surface area contributed by atoms with Crippen LogP contribution in [0, 0.1) is 27.7 Å². The number of benzene rings is 2. The van der Waals surface area contributed by atoms with Gasteiger partial charge in [0.05, 0.1) is 6.54 Å². The summed E-state index contributed by atoms with van der Waals surface area (Å²) >= 11 is 0. The third-order valence-corrected chi connectivity index (χ3v) is 7.01. The molecule has 2 aliphatic heterocycles. The van der Waals surface area contributed by atoms with Crippen molar-refractivity contribution >= 4 is 17.7 Å². The van der Waals surface area contributed by atoms with Crippen LogP contribution in [0.1, 0.15) is 45.4 Å². The van der Waals surface area contributed by atoms with Gasteiger partial charge in [0.2, 0.25) is 6.79 Å². The summed E-state index contributed by atoms with van der Waals surface area (Å²) in [6, 6.07) is 12.5. The summed E-state index contributed by atoms with van der Waals surface area (Å²) in [5, 5.41) is 2.75. The predicted octanol–water partition coefficient (Wildman–Crippen LogP) is 4.09. The number of aromatic nitrogens is 1. The van der Waals surface area contributed by atoms with Crippen LogP contribution in [0.5, 0.6) is 11.5 Å². The highest BCUT2D eigenvalue weighted by Gasteiger charge is 2.50. The number of imide groups is 1. The summed E-state index contributed by atoms with van der Waals surface area (Å²) in [6.45, 7) is 9.30. The fourth-order valence-electron chi connectivity index (χ4n) is 4.78. The van der Waals surface area contributed by atoms with Crippen molar-refractivity contribution in [3.8, 4) is 17.2 Å². The molecule has 35 heavy (non-hydrogen) atoms. The Morgan fingerprint density at radius 3 is 2.46 bits per heavy atom. The first-order chi connectivity index (χ1) is 16.6. The van der Waals surface area contributed by atoms with E-state index in [2.05, 4.69) is 24.4 Å². The van der Waals surface area contributed by atoms with E-state index < -0.39 is 17.5 Å². The first-order valence-corrected chi connectivity index (χ1v) is 11.4. The lowest BCUT2D eigenvalue weighted by molar-refractivity contribution is -0.130. The van der Waals surface area contributed by atoms with Gasteiger partial charge in [-0.1, -0.05) is 12.1 Å². The number of amides is 3. The molecule has 8 heteroatoms. The fraction of sp³-hybridized carbons (Fsp3) is 0.296. The van der Waals surface area contributed by atoms with Crippen molar-refractivity contribution in [2.75, 3.05) is 13.3 Å². The molecule has 0 radical (unpaired) electrons. The Bertz CT molecular complexity index is 1410. The van der Waals surface area contributed by atoms with Crippen molar-refractivity contribution in [2.24, 2.45) is 0 Å². The summed E-state index contributed by atoms with van der Waals surface area (Å²) in [5.74, 6) is 0.309. The van der Waals surface area contributed by atoms with Crippen LogP contribution in [0.4, 0.5) is 4.79 Å². The molecule has 1 atom stereocenters. The van der Waals surface area contributed by atoms with Crippen LogP contribution >= 0.6 is 0 Å². The quantitative estimate of drug-likeness (QED) is 0.445. The number of urea groups is 1. The van der Waals surface area contributed by atoms with Crippen molar-refractivity contribution in [2.45, 2.75) is 40.2 Å². The molecule has 1 aromatic heterocycles. The molecule has 3 aromatic rings. The Morgan fingerprint density at radius 2 is 1.71 bits per heavy atom. The van der Waals surface area contributed by atoms with Crippen molar-refractivity contribution in [1.82, 2.24) is 14.8 Å². The summed E-state index contributed by atoms with van der Waals surface area (Å²) < 4.78 is 12.8. The molecule has 3 amide bonds. The molecule has 5 rings (SSSR count). The highest BCUT2D eigenvalue weighted by atomic mass is 16.7. The van der Waals surface area contributed by atoms with Crippen LogP contribution in [0.2, 0.25) is 0 Å². The van der Waals surface area contributed by atoms with Gasteiger partial charge in [0, 0.05) is 22.6 Å². The second kappa shape index (κ2) is 8.01. The standard InChI is InChI=1S/C27H27N3O5/c1-15-6-8-20(10-16(15)2)30-17(3)11-21(18(30)4)22(31)13-29-25(32)27(5,28-26(29)33)19-7-9-23-24(12-19)35-14-34-23/h6-12H,13-14H2,1-5H3,(H,28,33). The molecule has 180 valence electrons. The van der Waals surface area contributed by atoms with Crippen LogP contribution < -0.4 is 14.8 Å². The maximum atomic E-state index is 13.4. The van der Waals surface area contributed by atoms with Crippen LogP contribution in [0.25, 0.3) is 5.69 Å². The average molecular weight is 474 g/mol. The van der Waals surface area contributed by atoms with Gasteiger partial charge in [-0.25, -0.2) is 4.79 Å². The molecule has 2 aromatic carbocycles. The number of Topliss-reactive ketones (excluding diaryl/α,β-unsaturated/α-hetero) is 1. The second-order valence-corrected chi connectivity index (χ2v) is 9.33. The smallest absolute Gasteiger partial charge is 0.325 e. The number of rotatable bonds is 5. The monoisotopic (exact) mass is 473 g/mol. The first kappa shape index (κ1) is 22.7. The van der Waals surface area contributed by atoms with Crippen LogP contribution in [-0.2, 0) is 10.3 Å². The molecular weight excluding hydrogens is 446 g/mol. The van der Waals surface area contributed by atoms with Crippen molar-refractivity contribution < 1.29 is 23.9 Å². The summed E-state index contributed by atoms with van der Waals surface area (Å²) in [7, 11) is 0. The largest absolute Gasteiger partial charge is 0.454 e. The van der Waals surface area contributed by atoms with Crippen molar-refractivity contribution in [3.05, 3.63) is 76.1 Å². The third kappa shape index (κ3) is 3.56. The van der Waals surface area contributed by atoms with Gasteiger partial charge >= 0.3 is 6.03 Å². The Labute approximate surface area is 203 Å². The minimum Gasteiger partial charge on any atom is -0.454 e. The van der Waals surface area contributed by atoms with Gasteiger partial charge in [-0.2, -0.15) is 0 Å². The summed E-state index contributed by atoms with van der Waals surface area (Å²) in [5.41, 5.74) is 4.71. The molecule has 0 saturated carbocycles. The number of hydrogen-bond donors (Lipinski definition) is 1. The van der Waals surface area contributed by atoms with E-state index in [1.807, 2.05) is 37.5 Å². The second-order valence-electron chi connectivity index (χ2n) is 9.33. The van der Waals surface area contributed by atoms with Gasteiger partial charge in [0.25, 0.3) is 5.91 Å². The van der Waals surface area contributed by atoms with Crippen molar-refractivity contribution in [3.63, 3.8) is 0 Å². The van der Waals surface area contributed by atoms with E-state index in [1.54, 1.807) is 25.1 Å². The highest BCUT2D eigenvalue weighted by molar-refractivity contribution is 6.11. The SMILES string of the molecule is Cc1ccc(-n2c(C)cc(C(=O)CN3C(=O)NC(C)(c4ccc5c(c4)OCO5)C3=O)c2C)cc1C. The van der Waals surface area contributed by atoms with Gasteiger partial charge in [-0.05, 0) is 81.6 Å². The van der Waals surface area contributed by atoms with E-state index in [0.717, 1.165) is 27.5 Å². The molecule has 3 heterocycles. The normalized spacial score (nSPS) is 18.8. The van der Waals surface area contributed by atoms with Gasteiger partial charge in [0.1, 0.15) is 5.54 Å². The van der Waals surface area contributed by atoms with Crippen LogP contribution in [0.3, 0.4) is 0 Å². The van der Waals surface area contributed by atoms with Gasteiger partial charge in [0.15, 0.2) is 17.3 Å².